The highest BCUT2D eigenvalue weighted by Gasteiger charge is 2.18. The van der Waals surface area contributed by atoms with Crippen LogP contribution in [0.4, 0.5) is 0 Å². The first-order valence-electron chi connectivity index (χ1n) is 6.30. The number of halogens is 2. The van der Waals surface area contributed by atoms with E-state index < -0.39 is 0 Å². The molecule has 102 valence electrons. The number of ether oxygens (including phenoxy) is 1. The maximum Gasteiger partial charge on any atom is 0.0640 e. The Morgan fingerprint density at radius 1 is 1.33 bits per heavy atom. The number of rotatable bonds is 7. The van der Waals surface area contributed by atoms with Crippen LogP contribution in [0.3, 0.4) is 0 Å². The zero-order valence-electron chi connectivity index (χ0n) is 11.2. The van der Waals surface area contributed by atoms with Crippen LogP contribution in [0.2, 0.25) is 10.0 Å². The first-order valence-corrected chi connectivity index (χ1v) is 7.05. The van der Waals surface area contributed by atoms with E-state index in [0.29, 0.717) is 10.0 Å². The summed E-state index contributed by atoms with van der Waals surface area (Å²) in [5.41, 5.74) is 1.04. The lowest BCUT2D eigenvalue weighted by Gasteiger charge is -2.23. The number of nitrogens with one attached hydrogen (secondary N) is 1. The fourth-order valence-corrected chi connectivity index (χ4v) is 2.30. The second-order valence-electron chi connectivity index (χ2n) is 4.43. The molecule has 2 atom stereocenters. The third-order valence-electron chi connectivity index (χ3n) is 2.97. The van der Waals surface area contributed by atoms with Crippen molar-refractivity contribution in [2.24, 2.45) is 0 Å². The fourth-order valence-electron chi connectivity index (χ4n) is 1.86. The van der Waals surface area contributed by atoms with E-state index in [4.69, 9.17) is 27.9 Å². The number of methoxy groups -OCH3 is 1. The summed E-state index contributed by atoms with van der Waals surface area (Å²) in [5.74, 6) is 0. The molecule has 0 fully saturated rings. The lowest BCUT2D eigenvalue weighted by Crippen LogP contribution is -2.26. The van der Waals surface area contributed by atoms with Gasteiger partial charge >= 0.3 is 0 Å². The molecule has 1 rings (SSSR count). The molecule has 0 bridgehead atoms. The maximum absolute atomic E-state index is 6.28. The zero-order chi connectivity index (χ0) is 13.5. The topological polar surface area (TPSA) is 21.3 Å². The average Bonchev–Trinajstić information content (AvgIpc) is 2.37. The van der Waals surface area contributed by atoms with Gasteiger partial charge in [-0.3, -0.25) is 0 Å². The molecular formula is C14H21Cl2NO. The summed E-state index contributed by atoms with van der Waals surface area (Å²) in [5, 5.41) is 4.73. The molecule has 2 nitrogen and oxygen atoms in total. The van der Waals surface area contributed by atoms with Crippen LogP contribution >= 0.6 is 23.2 Å². The van der Waals surface area contributed by atoms with Crippen LogP contribution in [0.25, 0.3) is 0 Å². The minimum absolute atomic E-state index is 0.172. The van der Waals surface area contributed by atoms with E-state index in [0.717, 1.165) is 24.9 Å². The Labute approximate surface area is 120 Å². The monoisotopic (exact) mass is 289 g/mol. The fraction of sp³-hybridized carbons (Fsp3) is 0.571. The maximum atomic E-state index is 6.28. The third-order valence-corrected chi connectivity index (χ3v) is 3.80. The van der Waals surface area contributed by atoms with Crippen molar-refractivity contribution in [2.75, 3.05) is 13.7 Å². The van der Waals surface area contributed by atoms with Crippen molar-refractivity contribution < 1.29 is 4.74 Å². The molecule has 0 spiro atoms. The van der Waals surface area contributed by atoms with Gasteiger partial charge in [-0.1, -0.05) is 42.3 Å². The van der Waals surface area contributed by atoms with Gasteiger partial charge < -0.3 is 10.1 Å². The Morgan fingerprint density at radius 2 is 2.06 bits per heavy atom. The van der Waals surface area contributed by atoms with Crippen LogP contribution in [-0.4, -0.2) is 19.8 Å². The smallest absolute Gasteiger partial charge is 0.0640 e. The van der Waals surface area contributed by atoms with E-state index in [1.165, 1.54) is 0 Å². The van der Waals surface area contributed by atoms with E-state index in [2.05, 4.69) is 19.2 Å². The summed E-state index contributed by atoms with van der Waals surface area (Å²) in [6.07, 6.45) is 2.13. The SMILES string of the molecule is CCCNC(CC(C)OC)c1cccc(Cl)c1Cl. The van der Waals surface area contributed by atoms with Gasteiger partial charge in [0.15, 0.2) is 0 Å². The van der Waals surface area contributed by atoms with Crippen molar-refractivity contribution >= 4 is 23.2 Å². The highest BCUT2D eigenvalue weighted by atomic mass is 35.5. The van der Waals surface area contributed by atoms with Gasteiger partial charge in [-0.05, 0) is 37.9 Å². The predicted octanol–water partition coefficient (Wildman–Crippen LogP) is 4.46. The second-order valence-corrected chi connectivity index (χ2v) is 5.22. The van der Waals surface area contributed by atoms with Crippen molar-refractivity contribution in [1.29, 1.82) is 0 Å². The number of hydrogen-bond donors (Lipinski definition) is 1. The summed E-state index contributed by atoms with van der Waals surface area (Å²) in [6.45, 7) is 5.15. The molecule has 1 aromatic carbocycles. The molecule has 0 saturated heterocycles. The van der Waals surface area contributed by atoms with Crippen LogP contribution in [0.1, 0.15) is 38.3 Å². The molecule has 0 saturated carbocycles. The first kappa shape index (κ1) is 15.8. The van der Waals surface area contributed by atoms with Gasteiger partial charge in [-0.25, -0.2) is 0 Å². The van der Waals surface area contributed by atoms with Crippen LogP contribution in [0, 0.1) is 0 Å². The standard InChI is InChI=1S/C14H21Cl2NO/c1-4-8-17-13(9-10(2)18-3)11-6-5-7-12(15)14(11)16/h5-7,10,13,17H,4,8-9H2,1-3H3. The molecule has 1 N–H and O–H groups in total. The summed E-state index contributed by atoms with van der Waals surface area (Å²) in [6, 6.07) is 5.93. The highest BCUT2D eigenvalue weighted by Crippen LogP contribution is 2.32. The normalized spacial score (nSPS) is 14.5. The quantitative estimate of drug-likeness (QED) is 0.800. The van der Waals surface area contributed by atoms with Gasteiger partial charge in [-0.15, -0.1) is 0 Å². The Hall–Kier alpha value is -0.280. The van der Waals surface area contributed by atoms with Crippen molar-refractivity contribution in [1.82, 2.24) is 5.32 Å². The Bertz CT molecular complexity index is 371. The Balaban J connectivity index is 2.90. The molecule has 0 aliphatic heterocycles. The van der Waals surface area contributed by atoms with Gasteiger partial charge in [-0.2, -0.15) is 0 Å². The first-order chi connectivity index (χ1) is 8.60. The van der Waals surface area contributed by atoms with Crippen molar-refractivity contribution in [2.45, 2.75) is 38.8 Å². The summed E-state index contributed by atoms with van der Waals surface area (Å²) < 4.78 is 5.34. The van der Waals surface area contributed by atoms with Crippen LogP contribution in [0.5, 0.6) is 0 Å². The summed E-state index contributed by atoms with van der Waals surface area (Å²) in [4.78, 5) is 0. The van der Waals surface area contributed by atoms with Crippen LogP contribution in [0.15, 0.2) is 18.2 Å². The number of hydrogen-bond acceptors (Lipinski definition) is 2. The largest absolute Gasteiger partial charge is 0.382 e. The van der Waals surface area contributed by atoms with Gasteiger partial charge in [0.25, 0.3) is 0 Å². The molecule has 0 aliphatic carbocycles. The molecule has 0 aliphatic rings. The highest BCUT2D eigenvalue weighted by molar-refractivity contribution is 6.42. The zero-order valence-corrected chi connectivity index (χ0v) is 12.7. The third kappa shape index (κ3) is 4.43. The Kier molecular flexibility index (Phi) is 7.02. The lowest BCUT2D eigenvalue weighted by molar-refractivity contribution is 0.100. The molecule has 1 aromatic rings. The average molecular weight is 290 g/mol. The predicted molar refractivity (Wildman–Crippen MR) is 78.6 cm³/mol. The molecule has 2 unspecified atom stereocenters. The van der Waals surface area contributed by atoms with Crippen molar-refractivity contribution in [3.05, 3.63) is 33.8 Å². The molecular weight excluding hydrogens is 269 g/mol. The van der Waals surface area contributed by atoms with Crippen LogP contribution in [-0.2, 0) is 4.74 Å². The molecule has 4 heteroatoms. The van der Waals surface area contributed by atoms with Gasteiger partial charge in [0.05, 0.1) is 16.1 Å². The molecule has 0 heterocycles. The summed E-state index contributed by atoms with van der Waals surface area (Å²) in [7, 11) is 1.72. The van der Waals surface area contributed by atoms with Crippen molar-refractivity contribution in [3.8, 4) is 0 Å². The van der Waals surface area contributed by atoms with Crippen LogP contribution < -0.4 is 5.32 Å². The van der Waals surface area contributed by atoms with Gasteiger partial charge in [0.1, 0.15) is 0 Å². The number of benzene rings is 1. The van der Waals surface area contributed by atoms with E-state index in [1.54, 1.807) is 7.11 Å². The van der Waals surface area contributed by atoms with E-state index in [1.807, 2.05) is 18.2 Å². The van der Waals surface area contributed by atoms with E-state index >= 15 is 0 Å². The van der Waals surface area contributed by atoms with Gasteiger partial charge in [0.2, 0.25) is 0 Å². The van der Waals surface area contributed by atoms with Gasteiger partial charge in [0, 0.05) is 13.2 Å². The molecule has 0 radical (unpaired) electrons. The summed E-state index contributed by atoms with van der Waals surface area (Å²) >= 11 is 12.4. The Morgan fingerprint density at radius 3 is 2.67 bits per heavy atom. The molecule has 0 amide bonds. The minimum Gasteiger partial charge on any atom is -0.382 e. The second kappa shape index (κ2) is 8.00. The lowest BCUT2D eigenvalue weighted by atomic mass is 10.0. The van der Waals surface area contributed by atoms with Crippen molar-refractivity contribution in [3.63, 3.8) is 0 Å². The molecule has 18 heavy (non-hydrogen) atoms. The minimum atomic E-state index is 0.172. The molecule has 0 aromatic heterocycles. The van der Waals surface area contributed by atoms with E-state index in [9.17, 15) is 0 Å². The van der Waals surface area contributed by atoms with E-state index in [-0.39, 0.29) is 12.1 Å².